The zero-order valence-corrected chi connectivity index (χ0v) is 77.0. The van der Waals surface area contributed by atoms with Crippen LogP contribution in [0.4, 0.5) is 28.0 Å². The molecule has 4 aromatic carbocycles. The number of imidazole rings is 4. The molecule has 7 aliphatic rings. The number of nitrogens with zero attached hydrogens (tertiary/aromatic N) is 10. The number of nitrogens with one attached hydrogen (secondary N) is 8. The van der Waals surface area contributed by atoms with Gasteiger partial charge >= 0.3 is 24.4 Å². The predicted molar refractivity (Wildman–Crippen MR) is 492 cm³/mol. The number of H-pyrrole nitrogens is 4. The Hall–Kier alpha value is -13.4. The van der Waals surface area contributed by atoms with E-state index in [9.17, 15) is 38.4 Å². The first kappa shape index (κ1) is 88.9. The van der Waals surface area contributed by atoms with Crippen LogP contribution in [0, 0.1) is 35.3 Å². The van der Waals surface area contributed by atoms with Gasteiger partial charge in [0.2, 0.25) is 36.1 Å². The summed E-state index contributed by atoms with van der Waals surface area (Å²) in [7, 11) is 2.53. The minimum atomic E-state index is -1.02. The molecule has 10 unspecified atom stereocenters. The molecule has 4 saturated heterocycles. The molecule has 0 radical (unpaired) electrons. The molecule has 8 aromatic heterocycles. The van der Waals surface area contributed by atoms with Crippen molar-refractivity contribution in [3.63, 3.8) is 0 Å². The Kier molecular flexibility index (Phi) is 24.5. The summed E-state index contributed by atoms with van der Waals surface area (Å²) in [4.78, 5) is 152. The highest BCUT2D eigenvalue weighted by atomic mass is 32.1. The second-order valence-corrected chi connectivity index (χ2v) is 38.8. The highest BCUT2D eigenvalue weighted by molar-refractivity contribution is 7.12. The van der Waals surface area contributed by atoms with E-state index in [1.807, 2.05) is 138 Å². The monoisotopic (exact) mass is 1850 g/mol. The fourth-order valence-corrected chi connectivity index (χ4v) is 21.6. The first-order valence-electron chi connectivity index (χ1n) is 45.7. The lowest BCUT2D eigenvalue weighted by Gasteiger charge is -2.30. The van der Waals surface area contributed by atoms with Gasteiger partial charge in [0.1, 0.15) is 83.8 Å². The van der Waals surface area contributed by atoms with Crippen LogP contribution in [0.3, 0.4) is 0 Å². The van der Waals surface area contributed by atoms with Crippen molar-refractivity contribution in [3.8, 4) is 79.0 Å². The third-order valence-corrected chi connectivity index (χ3v) is 28.8. The number of carbonyl (C=O) groups is 8. The number of fused-ring (bicyclic) bond motifs is 10. The van der Waals surface area contributed by atoms with Crippen LogP contribution in [0.1, 0.15) is 200 Å². The Balaban J connectivity index is 0.477. The van der Waals surface area contributed by atoms with Gasteiger partial charge < -0.3 is 89.2 Å². The van der Waals surface area contributed by atoms with Gasteiger partial charge in [0.05, 0.1) is 117 Å². The van der Waals surface area contributed by atoms with Gasteiger partial charge in [0, 0.05) is 76.5 Å². The van der Waals surface area contributed by atoms with E-state index in [1.165, 1.54) is 42.6 Å². The van der Waals surface area contributed by atoms with Crippen molar-refractivity contribution >= 4 is 92.5 Å². The zero-order chi connectivity index (χ0) is 92.6. The van der Waals surface area contributed by atoms with Crippen LogP contribution in [-0.4, -0.2) is 194 Å². The number of thiophene rings is 2. The van der Waals surface area contributed by atoms with E-state index in [-0.39, 0.29) is 72.1 Å². The van der Waals surface area contributed by atoms with E-state index < -0.39 is 90.8 Å². The number of hydrogen-bond donors (Lipinski definition) is 8. The van der Waals surface area contributed by atoms with Gasteiger partial charge in [-0.25, -0.2) is 47.9 Å². The average Bonchev–Trinajstić information content (AvgIpc) is 1.58. The lowest BCUT2D eigenvalue weighted by Crippen LogP contribution is -2.51. The highest BCUT2D eigenvalue weighted by Crippen LogP contribution is 2.53. The largest absolute Gasteiger partial charge is 0.464 e. The number of rotatable bonds is 26. The molecule has 12 aromatic rings. The van der Waals surface area contributed by atoms with Crippen molar-refractivity contribution in [3.05, 3.63) is 177 Å². The fourth-order valence-electron chi connectivity index (χ4n) is 19.7. The van der Waals surface area contributed by atoms with Crippen LogP contribution in [0.25, 0.3) is 89.4 Å². The average molecular weight is 1850 g/mol. The summed E-state index contributed by atoms with van der Waals surface area (Å²) >= 11 is 3.22. The number of likely N-dealkylation sites (tertiary alicyclic amines) is 4. The van der Waals surface area contributed by atoms with Gasteiger partial charge in [-0.2, -0.15) is 0 Å². The molecular weight excluding hydrogens is 1740 g/mol. The summed E-state index contributed by atoms with van der Waals surface area (Å²) < 4.78 is 73.0. The molecule has 8 amide bonds. The third-order valence-electron chi connectivity index (χ3n) is 26.7. The maximum atomic E-state index is 17.4. The number of methoxy groups -OCH3 is 2. The Morgan fingerprint density at radius 1 is 0.459 bits per heavy atom. The first-order valence-corrected chi connectivity index (χ1v) is 47.4. The summed E-state index contributed by atoms with van der Waals surface area (Å²) in [6.45, 7) is 15.8. The minimum absolute atomic E-state index is 0.185. The Morgan fingerprint density at radius 3 is 1.31 bits per heavy atom. The molecular formula is C97H106F2N18O14S2. The SMILES string of the molecule is COC(=O)NC(C(=O)N1CCCC1c1ncc(-c2cc(F)c3c(c2)OC(c2cccs2)n2c-3cc3cc(-c4c[nH]c(C5CCCN5C(=O)C(NC(=O)OCCOC(=O)NC(C(=O)N5CCCC5c5nc(-c6cc(F)c7c(c6)OC(c6ccc(C8CC8)s6)n6c-7cc7cc(-c8cnc(C9CCCN9C(=O)C(NC(=O)OC)C(C)C)[nH]8)ccc76)c[nH]5)C(C)C)C(C)C)n4)ccc32)[nH]1)C(C)C. The van der Waals surface area contributed by atoms with Crippen LogP contribution in [0.2, 0.25) is 0 Å². The first-order chi connectivity index (χ1) is 64.2. The van der Waals surface area contributed by atoms with Crippen LogP contribution >= 0.6 is 22.7 Å². The predicted octanol–water partition coefficient (Wildman–Crippen LogP) is 17.3. The molecule has 8 N–H and O–H groups in total. The number of benzene rings is 4. The molecule has 10 atom stereocenters. The van der Waals surface area contributed by atoms with Crippen molar-refractivity contribution in [2.24, 2.45) is 23.7 Å². The molecule has 6 aliphatic heterocycles. The van der Waals surface area contributed by atoms with Gasteiger partial charge in [-0.15, -0.1) is 22.7 Å². The molecule has 32 nitrogen and oxygen atoms in total. The molecule has 1 aliphatic carbocycles. The van der Waals surface area contributed by atoms with Gasteiger partial charge in [0.25, 0.3) is 0 Å². The molecule has 5 fully saturated rings. The van der Waals surface area contributed by atoms with Gasteiger partial charge in [-0.05, 0) is 178 Å². The van der Waals surface area contributed by atoms with E-state index in [1.54, 1.807) is 55.7 Å². The summed E-state index contributed by atoms with van der Waals surface area (Å²) in [5.74, 6) is 0.0758. The Bertz CT molecular complexity index is 6480. The van der Waals surface area contributed by atoms with E-state index in [4.69, 9.17) is 48.4 Å². The van der Waals surface area contributed by atoms with Gasteiger partial charge in [0.15, 0.2) is 0 Å². The normalized spacial score (nSPS) is 19.5. The number of aromatic amines is 4. The minimum Gasteiger partial charge on any atom is -0.464 e. The zero-order valence-electron chi connectivity index (χ0n) is 75.4. The van der Waals surface area contributed by atoms with Gasteiger partial charge in [-0.1, -0.05) is 73.6 Å². The number of ether oxygens (including phenoxy) is 6. The maximum Gasteiger partial charge on any atom is 0.407 e. The quantitative estimate of drug-likeness (QED) is 0.0184. The van der Waals surface area contributed by atoms with Crippen molar-refractivity contribution in [1.29, 1.82) is 0 Å². The van der Waals surface area contributed by atoms with Crippen LogP contribution in [-0.2, 0) is 38.1 Å². The highest BCUT2D eigenvalue weighted by Gasteiger charge is 2.45. The number of hydrogen-bond acceptors (Lipinski definition) is 20. The summed E-state index contributed by atoms with van der Waals surface area (Å²) in [5.41, 5.74) is 8.35. The number of alkyl carbamates (subject to hydrolysis) is 4. The summed E-state index contributed by atoms with van der Waals surface area (Å²) in [6.07, 6.45) is 9.99. The van der Waals surface area contributed by atoms with Crippen molar-refractivity contribution in [2.75, 3.05) is 53.6 Å². The number of halogens is 2. The molecule has 19 rings (SSSR count). The van der Waals surface area contributed by atoms with E-state index in [0.29, 0.717) is 151 Å². The van der Waals surface area contributed by atoms with E-state index >= 15 is 8.78 Å². The number of carbonyl (C=O) groups excluding carboxylic acids is 8. The molecule has 0 bridgehead atoms. The molecule has 1 saturated carbocycles. The van der Waals surface area contributed by atoms with Crippen molar-refractivity contribution < 1.29 is 75.6 Å². The van der Waals surface area contributed by atoms with Crippen LogP contribution < -0.4 is 30.7 Å². The fraction of sp³-hybridized carbons (Fsp3) is 0.423. The molecule has 694 valence electrons. The number of amides is 8. The van der Waals surface area contributed by atoms with Crippen LogP contribution in [0.15, 0.2) is 127 Å². The maximum absolute atomic E-state index is 17.4. The second kappa shape index (κ2) is 36.6. The third kappa shape index (κ3) is 17.2. The summed E-state index contributed by atoms with van der Waals surface area (Å²) in [5, 5.41) is 14.5. The van der Waals surface area contributed by atoms with Crippen molar-refractivity contribution in [2.45, 2.75) is 186 Å². The molecule has 36 heteroatoms. The summed E-state index contributed by atoms with van der Waals surface area (Å²) in [6, 6.07) is 25.3. The standard InChI is InChI=1S/C97H106F2N18O14S2/c1-48(2)80(108-94(122)126-9)88(118)112-29-11-16-67(112)84-100-45-62(104-84)54-24-26-66-58(37-54)41-72-79-60(99)39-56(43-74(79)131-93(117(66)72)77-28-27-75(133-77)52-21-22-52)64-47-103-87(107-64)70-19-14-32-115(70)91(121)83(51(7)8)111-97(125)129-34-33-128-96(124)110-82(50(5)6)90(120)114-31-12-17-68(114)85-101-44-61(105-85)53-23-25-65-57(36-53)40-71-78-59(98)38-55(42-73(78)130-92(116(65)71)76-20-15-35-132-76)63-46-102-86(106-63)69-18-13-30-113(69)89(119)81(49(3)4)109-95(123)127-10/h15,20,23-28,35-52,67-70,80-83,92-93H,11-14,16-19,21-22,29-34H2,1-10H3,(H,100,104)(H,101,105)(H,102,106)(H,103,107)(H,108,122)(H,109,123)(H,110,124)(H,111,125). The second-order valence-electron chi connectivity index (χ2n) is 36.7. The Morgan fingerprint density at radius 2 is 0.865 bits per heavy atom. The smallest absolute Gasteiger partial charge is 0.407 e. The van der Waals surface area contributed by atoms with Gasteiger partial charge in [-0.3, -0.25) is 28.3 Å². The lowest BCUT2D eigenvalue weighted by molar-refractivity contribution is -0.136. The van der Waals surface area contributed by atoms with Crippen LogP contribution in [0.5, 0.6) is 11.5 Å². The molecule has 0 spiro atoms. The van der Waals surface area contributed by atoms with Crippen molar-refractivity contribution in [1.82, 2.24) is 89.9 Å². The van der Waals surface area contributed by atoms with E-state index in [2.05, 4.69) is 57.9 Å². The molecule has 14 heterocycles. The molecule has 133 heavy (non-hydrogen) atoms. The topological polar surface area (TPSA) is 378 Å². The van der Waals surface area contributed by atoms with E-state index in [0.717, 1.165) is 74.1 Å². The number of aromatic nitrogens is 10. The lowest BCUT2D eigenvalue weighted by atomic mass is 10.0. The Labute approximate surface area is 773 Å².